The molecule has 0 saturated heterocycles. The largest absolute Gasteiger partial charge is 0.416 e. The summed E-state index contributed by atoms with van der Waals surface area (Å²) in [6.07, 6.45) is -2.94. The van der Waals surface area contributed by atoms with E-state index in [1.807, 2.05) is 0 Å². The van der Waals surface area contributed by atoms with Gasteiger partial charge in [0, 0.05) is 27.6 Å². The van der Waals surface area contributed by atoms with Crippen LogP contribution < -0.4 is 10.6 Å². The summed E-state index contributed by atoms with van der Waals surface area (Å²) in [6, 6.07) is 8.78. The van der Waals surface area contributed by atoms with Gasteiger partial charge in [0.15, 0.2) is 0 Å². The molecule has 0 bridgehead atoms. The first kappa shape index (κ1) is 22.2. The van der Waals surface area contributed by atoms with Crippen LogP contribution in [0.5, 0.6) is 0 Å². The van der Waals surface area contributed by atoms with Crippen molar-refractivity contribution in [2.24, 2.45) is 5.92 Å². The van der Waals surface area contributed by atoms with Gasteiger partial charge in [0.1, 0.15) is 6.04 Å². The maximum absolute atomic E-state index is 12.8. The molecule has 1 unspecified atom stereocenters. The van der Waals surface area contributed by atoms with Gasteiger partial charge in [0.25, 0.3) is 0 Å². The Balaban J connectivity index is 2.16. The van der Waals surface area contributed by atoms with Crippen LogP contribution in [0.4, 0.5) is 24.5 Å². The summed E-state index contributed by atoms with van der Waals surface area (Å²) in [4.78, 5) is 13.3. The second-order valence-electron chi connectivity index (χ2n) is 6.53. The van der Waals surface area contributed by atoms with Crippen LogP contribution in [0.25, 0.3) is 0 Å². The topological polar surface area (TPSA) is 58.2 Å². The van der Waals surface area contributed by atoms with Crippen molar-refractivity contribution in [3.8, 4) is 0 Å². The highest BCUT2D eigenvalue weighted by atomic mass is 35.5. The average Bonchev–Trinajstić information content (AvgIpc) is 2.59. The molecule has 0 heterocycles. The molecule has 0 aliphatic rings. The number of benzene rings is 2. The number of alkyl halides is 3. The number of hydrogen-bond acceptors (Lipinski definition) is 3. The fraction of sp³-hybridized carbons (Fsp3) is 0.316. The molecule has 2 atom stereocenters. The van der Waals surface area contributed by atoms with Crippen LogP contribution in [-0.2, 0) is 21.8 Å². The molecule has 0 aliphatic heterocycles. The summed E-state index contributed by atoms with van der Waals surface area (Å²) >= 11 is 5.97. The Kier molecular flexibility index (Phi) is 7.11. The lowest BCUT2D eigenvalue weighted by Gasteiger charge is -2.24. The summed E-state index contributed by atoms with van der Waals surface area (Å²) in [6.45, 7) is 3.61. The molecule has 1 amide bonds. The minimum Gasteiger partial charge on any atom is -0.372 e. The van der Waals surface area contributed by atoms with Gasteiger partial charge in [0.2, 0.25) is 5.91 Å². The van der Waals surface area contributed by atoms with Crippen LogP contribution in [0.2, 0.25) is 5.02 Å². The van der Waals surface area contributed by atoms with Gasteiger partial charge in [0.05, 0.1) is 16.3 Å². The Hall–Kier alpha value is -2.06. The van der Waals surface area contributed by atoms with Crippen molar-refractivity contribution < 1.29 is 22.2 Å². The summed E-state index contributed by atoms with van der Waals surface area (Å²) in [5.74, 6) is -0.530. The number of nitrogens with one attached hydrogen (secondary N) is 2. The molecule has 2 aromatic carbocycles. The third-order valence-corrected chi connectivity index (χ3v) is 5.26. The van der Waals surface area contributed by atoms with Crippen LogP contribution >= 0.6 is 11.6 Å². The van der Waals surface area contributed by atoms with Gasteiger partial charge in [-0.1, -0.05) is 25.4 Å². The van der Waals surface area contributed by atoms with Crippen LogP contribution in [0.15, 0.2) is 47.4 Å². The number of anilines is 2. The van der Waals surface area contributed by atoms with Gasteiger partial charge < -0.3 is 10.6 Å². The van der Waals surface area contributed by atoms with E-state index in [1.165, 1.54) is 6.07 Å². The van der Waals surface area contributed by atoms with Gasteiger partial charge in [-0.15, -0.1) is 0 Å². The van der Waals surface area contributed by atoms with Crippen molar-refractivity contribution in [3.63, 3.8) is 0 Å². The van der Waals surface area contributed by atoms with E-state index in [0.29, 0.717) is 10.6 Å². The SMILES string of the molecule is CC(C)[C@H](Nc1ccc(C(F)(F)F)cc1Cl)C(=O)Nc1ccc(S(C)=O)cc1. The first-order chi connectivity index (χ1) is 13.0. The van der Waals surface area contributed by atoms with Crippen LogP contribution in [-0.4, -0.2) is 22.4 Å². The number of amides is 1. The molecular weight excluding hydrogens is 413 g/mol. The lowest BCUT2D eigenvalue weighted by Crippen LogP contribution is -2.39. The van der Waals surface area contributed by atoms with Crippen LogP contribution in [0.3, 0.4) is 0 Å². The molecule has 28 heavy (non-hydrogen) atoms. The van der Waals surface area contributed by atoms with Gasteiger partial charge in [-0.05, 0) is 48.4 Å². The van der Waals surface area contributed by atoms with E-state index >= 15 is 0 Å². The molecule has 0 aliphatic carbocycles. The zero-order valence-corrected chi connectivity index (χ0v) is 17.0. The van der Waals surface area contributed by atoms with Gasteiger partial charge >= 0.3 is 6.18 Å². The lowest BCUT2D eigenvalue weighted by atomic mass is 10.0. The fourth-order valence-corrected chi connectivity index (χ4v) is 3.22. The van der Waals surface area contributed by atoms with Crippen molar-refractivity contribution in [2.45, 2.75) is 31.0 Å². The Morgan fingerprint density at radius 3 is 2.18 bits per heavy atom. The Bertz CT molecular complexity index is 870. The molecule has 2 rings (SSSR count). The fourth-order valence-electron chi connectivity index (χ4n) is 2.46. The van der Waals surface area contributed by atoms with E-state index in [4.69, 9.17) is 11.6 Å². The predicted octanol–water partition coefficient (Wildman–Crippen LogP) is 5.17. The maximum Gasteiger partial charge on any atom is 0.416 e. The van der Waals surface area contributed by atoms with Crippen molar-refractivity contribution in [1.82, 2.24) is 0 Å². The molecule has 9 heteroatoms. The maximum atomic E-state index is 12.8. The monoisotopic (exact) mass is 432 g/mol. The average molecular weight is 433 g/mol. The van der Waals surface area contributed by atoms with Gasteiger partial charge in [-0.2, -0.15) is 13.2 Å². The summed E-state index contributed by atoms with van der Waals surface area (Å²) in [5.41, 5.74) is -0.104. The molecule has 2 N–H and O–H groups in total. The number of hydrogen-bond donors (Lipinski definition) is 2. The van der Waals surface area contributed by atoms with E-state index in [2.05, 4.69) is 10.6 Å². The first-order valence-electron chi connectivity index (χ1n) is 8.36. The molecule has 0 spiro atoms. The predicted molar refractivity (Wildman–Crippen MR) is 106 cm³/mol. The normalized spacial score (nSPS) is 13.9. The Morgan fingerprint density at radius 2 is 1.71 bits per heavy atom. The van der Waals surface area contributed by atoms with E-state index < -0.39 is 28.6 Å². The first-order valence-corrected chi connectivity index (χ1v) is 10.3. The lowest BCUT2D eigenvalue weighted by molar-refractivity contribution is -0.137. The Morgan fingerprint density at radius 1 is 1.11 bits per heavy atom. The Labute approximate surface area is 168 Å². The highest BCUT2D eigenvalue weighted by Crippen LogP contribution is 2.34. The number of rotatable bonds is 6. The second-order valence-corrected chi connectivity index (χ2v) is 8.31. The third kappa shape index (κ3) is 5.72. The number of halogens is 4. The highest BCUT2D eigenvalue weighted by Gasteiger charge is 2.31. The third-order valence-electron chi connectivity index (χ3n) is 4.01. The zero-order valence-electron chi connectivity index (χ0n) is 15.4. The molecule has 2 aromatic rings. The quantitative estimate of drug-likeness (QED) is 0.662. The van der Waals surface area contributed by atoms with Crippen molar-refractivity contribution in [1.29, 1.82) is 0 Å². The van der Waals surface area contributed by atoms with Gasteiger partial charge in [-0.25, -0.2) is 0 Å². The molecule has 4 nitrogen and oxygen atoms in total. The zero-order chi connectivity index (χ0) is 21.1. The van der Waals surface area contributed by atoms with E-state index in [1.54, 1.807) is 44.4 Å². The van der Waals surface area contributed by atoms with Crippen molar-refractivity contribution in [3.05, 3.63) is 53.1 Å². The van der Waals surface area contributed by atoms with Crippen molar-refractivity contribution in [2.75, 3.05) is 16.9 Å². The standard InChI is InChI=1S/C19H20ClF3N2O2S/c1-11(2)17(18(26)24-13-5-7-14(8-6-13)28(3)27)25-16-9-4-12(10-15(16)20)19(21,22)23/h4-11,17,25H,1-3H3,(H,24,26)/t17-,28?/m0/s1. The molecule has 152 valence electrons. The summed E-state index contributed by atoms with van der Waals surface area (Å²) in [7, 11) is -1.12. The summed E-state index contributed by atoms with van der Waals surface area (Å²) in [5, 5.41) is 5.53. The van der Waals surface area contributed by atoms with E-state index in [9.17, 15) is 22.2 Å². The second kappa shape index (κ2) is 8.96. The number of carbonyl (C=O) groups is 1. The number of carbonyl (C=O) groups excluding carboxylic acids is 1. The molecular formula is C19H20ClF3N2O2S. The van der Waals surface area contributed by atoms with Gasteiger partial charge in [-0.3, -0.25) is 9.00 Å². The van der Waals surface area contributed by atoms with Crippen LogP contribution in [0.1, 0.15) is 19.4 Å². The molecule has 0 aromatic heterocycles. The molecule has 0 radical (unpaired) electrons. The summed E-state index contributed by atoms with van der Waals surface area (Å²) < 4.78 is 49.8. The molecule has 0 fully saturated rings. The van der Waals surface area contributed by atoms with E-state index in [0.717, 1.165) is 12.1 Å². The van der Waals surface area contributed by atoms with Crippen LogP contribution in [0, 0.1) is 5.92 Å². The minimum absolute atomic E-state index is 0.122. The van der Waals surface area contributed by atoms with E-state index in [-0.39, 0.29) is 22.5 Å². The van der Waals surface area contributed by atoms with Crippen molar-refractivity contribution >= 4 is 39.7 Å². The molecule has 0 saturated carbocycles. The minimum atomic E-state index is -4.49. The smallest absolute Gasteiger partial charge is 0.372 e. The highest BCUT2D eigenvalue weighted by molar-refractivity contribution is 7.84.